The molecule has 3 aromatic rings. The molecule has 2 aromatic carbocycles. The highest BCUT2D eigenvalue weighted by atomic mass is 32.2. The average molecular weight is 423 g/mol. The molecule has 1 saturated heterocycles. The molecule has 1 aliphatic rings. The number of thioether (sulfide) groups is 1. The summed E-state index contributed by atoms with van der Waals surface area (Å²) in [5.41, 5.74) is 4.60. The second-order valence-electron chi connectivity index (χ2n) is 7.73. The lowest BCUT2D eigenvalue weighted by atomic mass is 10.1. The maximum Gasteiger partial charge on any atom is 0.277 e. The Morgan fingerprint density at radius 2 is 2.00 bits per heavy atom. The third kappa shape index (κ3) is 5.29. The second-order valence-corrected chi connectivity index (χ2v) is 8.66. The highest BCUT2D eigenvalue weighted by Gasteiger charge is 2.24. The van der Waals surface area contributed by atoms with Crippen molar-refractivity contribution in [3.8, 4) is 11.5 Å². The minimum absolute atomic E-state index is 0.00232. The Kier molecular flexibility index (Phi) is 6.50. The van der Waals surface area contributed by atoms with Crippen LogP contribution in [0.4, 0.5) is 0 Å². The van der Waals surface area contributed by atoms with Gasteiger partial charge >= 0.3 is 0 Å². The van der Waals surface area contributed by atoms with Crippen LogP contribution in [-0.2, 0) is 11.3 Å². The van der Waals surface area contributed by atoms with Crippen LogP contribution in [0.15, 0.2) is 58.2 Å². The van der Waals surface area contributed by atoms with E-state index in [2.05, 4.69) is 58.5 Å². The number of aromatic nitrogens is 2. The Labute approximate surface area is 181 Å². The Bertz CT molecular complexity index is 1010. The number of likely N-dealkylation sites (tertiary alicyclic amines) is 1. The standard InChI is InChI=1S/C23H26N4O2S/c1-16-8-9-19(12-17(16)2)22-25-26-23(29-22)30-15-21(28)24-20-10-11-27(14-20)13-18-6-4-3-5-7-18/h3-9,12,20H,10-11,13-15H2,1-2H3,(H,24,28). The topological polar surface area (TPSA) is 71.3 Å². The van der Waals surface area contributed by atoms with Crippen LogP contribution in [0.3, 0.4) is 0 Å². The molecule has 156 valence electrons. The van der Waals surface area contributed by atoms with Crippen molar-refractivity contribution in [2.75, 3.05) is 18.8 Å². The van der Waals surface area contributed by atoms with E-state index in [1.165, 1.54) is 28.5 Å². The van der Waals surface area contributed by atoms with E-state index in [-0.39, 0.29) is 17.7 Å². The van der Waals surface area contributed by atoms with Gasteiger partial charge in [0.1, 0.15) is 0 Å². The summed E-state index contributed by atoms with van der Waals surface area (Å²) in [5, 5.41) is 11.7. The molecule has 1 fully saturated rings. The number of amides is 1. The molecule has 1 aromatic heterocycles. The minimum atomic E-state index is -0.00232. The second kappa shape index (κ2) is 9.45. The van der Waals surface area contributed by atoms with Crippen molar-refractivity contribution < 1.29 is 9.21 Å². The fourth-order valence-corrected chi connectivity index (χ4v) is 4.17. The smallest absolute Gasteiger partial charge is 0.277 e. The first-order valence-corrected chi connectivity index (χ1v) is 11.1. The van der Waals surface area contributed by atoms with Gasteiger partial charge in [-0.15, -0.1) is 10.2 Å². The number of carbonyl (C=O) groups is 1. The molecule has 0 bridgehead atoms. The first-order chi connectivity index (χ1) is 14.6. The summed E-state index contributed by atoms with van der Waals surface area (Å²) in [5.74, 6) is 0.745. The van der Waals surface area contributed by atoms with E-state index in [1.807, 2.05) is 24.3 Å². The van der Waals surface area contributed by atoms with Crippen molar-refractivity contribution in [3.63, 3.8) is 0 Å². The molecule has 7 heteroatoms. The molecule has 1 aliphatic heterocycles. The summed E-state index contributed by atoms with van der Waals surface area (Å²) < 4.78 is 5.72. The summed E-state index contributed by atoms with van der Waals surface area (Å²) in [6.07, 6.45) is 0.973. The monoisotopic (exact) mass is 422 g/mol. The van der Waals surface area contributed by atoms with Crippen molar-refractivity contribution in [3.05, 3.63) is 65.2 Å². The summed E-state index contributed by atoms with van der Waals surface area (Å²) >= 11 is 1.27. The predicted molar refractivity (Wildman–Crippen MR) is 118 cm³/mol. The Balaban J connectivity index is 1.23. The fraction of sp³-hybridized carbons (Fsp3) is 0.348. The van der Waals surface area contributed by atoms with Gasteiger partial charge in [-0.3, -0.25) is 9.69 Å². The predicted octanol–water partition coefficient (Wildman–Crippen LogP) is 3.84. The minimum Gasteiger partial charge on any atom is -0.411 e. The van der Waals surface area contributed by atoms with E-state index in [4.69, 9.17) is 4.42 Å². The van der Waals surface area contributed by atoms with Crippen LogP contribution in [-0.4, -0.2) is 45.9 Å². The van der Waals surface area contributed by atoms with E-state index in [1.54, 1.807) is 0 Å². The number of hydrogen-bond acceptors (Lipinski definition) is 6. The molecule has 1 unspecified atom stereocenters. The van der Waals surface area contributed by atoms with Gasteiger partial charge < -0.3 is 9.73 Å². The van der Waals surface area contributed by atoms with E-state index in [0.717, 1.165) is 31.6 Å². The third-order valence-electron chi connectivity index (χ3n) is 5.37. The van der Waals surface area contributed by atoms with E-state index in [0.29, 0.717) is 11.1 Å². The van der Waals surface area contributed by atoms with Gasteiger partial charge in [-0.25, -0.2) is 0 Å². The molecule has 0 spiro atoms. The van der Waals surface area contributed by atoms with Gasteiger partial charge in [0.2, 0.25) is 11.8 Å². The summed E-state index contributed by atoms with van der Waals surface area (Å²) in [4.78, 5) is 14.7. The number of aryl methyl sites for hydroxylation is 2. The van der Waals surface area contributed by atoms with E-state index >= 15 is 0 Å². The molecule has 0 aliphatic carbocycles. The average Bonchev–Trinajstić information content (AvgIpc) is 3.39. The van der Waals surface area contributed by atoms with Gasteiger partial charge in [0.25, 0.3) is 5.22 Å². The maximum atomic E-state index is 12.4. The van der Waals surface area contributed by atoms with Gasteiger partial charge in [0.05, 0.1) is 5.75 Å². The van der Waals surface area contributed by atoms with E-state index < -0.39 is 0 Å². The van der Waals surface area contributed by atoms with Gasteiger partial charge in [0.15, 0.2) is 0 Å². The number of nitrogens with zero attached hydrogens (tertiary/aromatic N) is 3. The molecule has 6 nitrogen and oxygen atoms in total. The lowest BCUT2D eigenvalue weighted by Gasteiger charge is -2.16. The Hall–Kier alpha value is -2.64. The van der Waals surface area contributed by atoms with Crippen LogP contribution >= 0.6 is 11.8 Å². The summed E-state index contributed by atoms with van der Waals surface area (Å²) in [7, 11) is 0. The lowest BCUT2D eigenvalue weighted by molar-refractivity contribution is -0.119. The Morgan fingerprint density at radius 3 is 2.80 bits per heavy atom. The molecular formula is C23H26N4O2S. The van der Waals surface area contributed by atoms with Crippen molar-refractivity contribution in [2.24, 2.45) is 0 Å². The molecule has 1 amide bonds. The molecular weight excluding hydrogens is 396 g/mol. The van der Waals surface area contributed by atoms with Gasteiger partial charge in [-0.1, -0.05) is 48.2 Å². The quantitative estimate of drug-likeness (QED) is 0.584. The number of carbonyl (C=O) groups excluding carboxylic acids is 1. The summed E-state index contributed by atoms with van der Waals surface area (Å²) in [6.45, 7) is 6.92. The number of rotatable bonds is 7. The molecule has 1 N–H and O–H groups in total. The first kappa shape index (κ1) is 20.6. The Morgan fingerprint density at radius 1 is 1.17 bits per heavy atom. The third-order valence-corrected chi connectivity index (χ3v) is 6.19. The highest BCUT2D eigenvalue weighted by Crippen LogP contribution is 2.25. The van der Waals surface area contributed by atoms with Crippen LogP contribution in [0, 0.1) is 13.8 Å². The van der Waals surface area contributed by atoms with E-state index in [9.17, 15) is 4.79 Å². The number of nitrogens with one attached hydrogen (secondary N) is 1. The first-order valence-electron chi connectivity index (χ1n) is 10.2. The van der Waals surface area contributed by atoms with Gasteiger partial charge in [-0.05, 0) is 49.1 Å². The van der Waals surface area contributed by atoms with Crippen molar-refractivity contribution >= 4 is 17.7 Å². The molecule has 2 heterocycles. The number of hydrogen-bond donors (Lipinski definition) is 1. The van der Waals surface area contributed by atoms with Crippen LogP contribution in [0.2, 0.25) is 0 Å². The van der Waals surface area contributed by atoms with Crippen LogP contribution in [0.5, 0.6) is 0 Å². The molecule has 0 saturated carbocycles. The maximum absolute atomic E-state index is 12.4. The molecule has 0 radical (unpaired) electrons. The van der Waals surface area contributed by atoms with Gasteiger partial charge in [0, 0.05) is 31.2 Å². The molecule has 30 heavy (non-hydrogen) atoms. The SMILES string of the molecule is Cc1ccc(-c2nnc(SCC(=O)NC3CCN(Cc4ccccc4)C3)o2)cc1C. The summed E-state index contributed by atoms with van der Waals surface area (Å²) in [6, 6.07) is 16.7. The number of benzene rings is 2. The van der Waals surface area contributed by atoms with Crippen LogP contribution in [0.1, 0.15) is 23.1 Å². The van der Waals surface area contributed by atoms with Crippen molar-refractivity contribution in [1.29, 1.82) is 0 Å². The van der Waals surface area contributed by atoms with Gasteiger partial charge in [-0.2, -0.15) is 0 Å². The highest BCUT2D eigenvalue weighted by molar-refractivity contribution is 7.99. The van der Waals surface area contributed by atoms with Crippen LogP contribution in [0.25, 0.3) is 11.5 Å². The van der Waals surface area contributed by atoms with Crippen LogP contribution < -0.4 is 5.32 Å². The fourth-order valence-electron chi connectivity index (χ4n) is 3.59. The van der Waals surface area contributed by atoms with Crippen molar-refractivity contribution in [1.82, 2.24) is 20.4 Å². The zero-order valence-electron chi connectivity index (χ0n) is 17.3. The zero-order valence-corrected chi connectivity index (χ0v) is 18.1. The van der Waals surface area contributed by atoms with Crippen molar-refractivity contribution in [2.45, 2.75) is 38.1 Å². The molecule has 1 atom stereocenters. The normalized spacial score (nSPS) is 16.7. The molecule has 4 rings (SSSR count). The zero-order chi connectivity index (χ0) is 20.9. The largest absolute Gasteiger partial charge is 0.411 e. The lowest BCUT2D eigenvalue weighted by Crippen LogP contribution is -2.37.